The highest BCUT2D eigenvalue weighted by atomic mass is 16.9. The van der Waals surface area contributed by atoms with E-state index in [-0.39, 0.29) is 0 Å². The van der Waals surface area contributed by atoms with E-state index in [2.05, 4.69) is 15.2 Å². The van der Waals surface area contributed by atoms with E-state index in [9.17, 15) is 0 Å². The van der Waals surface area contributed by atoms with Crippen LogP contribution in [0, 0.1) is 29.2 Å². The number of nitrogens with zero attached hydrogens (tertiary/aromatic N) is 3. The highest BCUT2D eigenvalue weighted by Crippen LogP contribution is 1.91. The molecule has 0 atom stereocenters. The minimum Gasteiger partial charge on any atom is -0.356 e. The minimum absolute atomic E-state index is 0.359. The van der Waals surface area contributed by atoms with Crippen molar-refractivity contribution in [2.45, 2.75) is 13.8 Å². The van der Waals surface area contributed by atoms with Crippen LogP contribution >= 0.6 is 0 Å². The van der Waals surface area contributed by atoms with Gasteiger partial charge in [0, 0.05) is 5.10 Å². The van der Waals surface area contributed by atoms with Gasteiger partial charge in [-0.2, -0.15) is 0 Å². The second-order valence-corrected chi connectivity index (χ2v) is 2.14. The van der Waals surface area contributed by atoms with Gasteiger partial charge in [0.05, 0.1) is 10.8 Å². The van der Waals surface area contributed by atoms with E-state index in [1.165, 1.54) is 0 Å². The summed E-state index contributed by atoms with van der Waals surface area (Å²) in [6.07, 6.45) is 0. The molecule has 0 aromatic carbocycles. The molecule has 0 radical (unpaired) electrons. The van der Waals surface area contributed by atoms with Gasteiger partial charge in [-0.1, -0.05) is 5.10 Å². The molecule has 1 aromatic rings. The number of hydrogen-bond acceptors (Lipinski definition) is 6. The van der Waals surface area contributed by atoms with Gasteiger partial charge in [-0.3, -0.25) is 5.73 Å². The number of aromatic nitrogens is 3. The van der Waals surface area contributed by atoms with Gasteiger partial charge < -0.3 is 15.3 Å². The van der Waals surface area contributed by atoms with E-state index >= 15 is 0 Å². The van der Waals surface area contributed by atoms with Crippen LogP contribution in [-0.4, -0.2) is 15.3 Å². The molecule has 0 saturated carbocycles. The van der Waals surface area contributed by atoms with Gasteiger partial charge in [0.1, 0.15) is 5.69 Å². The number of aromatic amines is 1. The fourth-order valence-electron chi connectivity index (χ4n) is 0.511. The first-order chi connectivity index (χ1) is 5.93. The fourth-order valence-corrected chi connectivity index (χ4v) is 0.511. The summed E-state index contributed by atoms with van der Waals surface area (Å²) < 4.78 is 0. The third kappa shape index (κ3) is 5.30. The smallest absolute Gasteiger partial charge is 0.356 e. The van der Waals surface area contributed by atoms with Crippen LogP contribution in [0.5, 0.6) is 0 Å². The Kier molecular flexibility index (Phi) is 4.07. The number of aryl methyl sites for hydroxylation is 2. The average Bonchev–Trinajstić information content (AvgIpc) is 1.96. The van der Waals surface area contributed by atoms with Gasteiger partial charge in [0.2, 0.25) is 0 Å². The van der Waals surface area contributed by atoms with Gasteiger partial charge in [-0.25, -0.2) is 4.98 Å². The highest BCUT2D eigenvalue weighted by molar-refractivity contribution is 5.05. The lowest BCUT2D eigenvalue weighted by atomic mass is 10.4. The van der Waals surface area contributed by atoms with Crippen LogP contribution in [-0.2, 0) is 0 Å². The quantitative estimate of drug-likeness (QED) is 0.419. The zero-order valence-electron chi connectivity index (χ0n) is 7.14. The largest absolute Gasteiger partial charge is 0.410 e. The monoisotopic (exact) mass is 187 g/mol. The third-order valence-corrected chi connectivity index (χ3v) is 1.17. The maximum Gasteiger partial charge on any atom is 0.410 e. The van der Waals surface area contributed by atoms with Crippen molar-refractivity contribution in [3.8, 4) is 0 Å². The molecule has 0 aliphatic carbocycles. The molecule has 0 bridgehead atoms. The Labute approximate surface area is 73.5 Å². The summed E-state index contributed by atoms with van der Waals surface area (Å²) in [7, 11) is 0. The van der Waals surface area contributed by atoms with Crippen LogP contribution in [0.1, 0.15) is 11.4 Å². The zero-order chi connectivity index (χ0) is 10.4. The fraction of sp³-hybridized carbons (Fsp3) is 0.400. The van der Waals surface area contributed by atoms with Crippen molar-refractivity contribution in [3.05, 3.63) is 26.7 Å². The summed E-state index contributed by atoms with van der Waals surface area (Å²) in [6, 6.07) is 0. The predicted octanol–water partition coefficient (Wildman–Crippen LogP) is -0.749. The predicted molar refractivity (Wildman–Crippen MR) is 42.8 cm³/mol. The van der Waals surface area contributed by atoms with Gasteiger partial charge >= 0.3 is 5.95 Å². The van der Waals surface area contributed by atoms with Crippen LogP contribution in [0.4, 0.5) is 5.95 Å². The molecule has 0 unspecified atom stereocenters. The molecule has 0 fully saturated rings. The van der Waals surface area contributed by atoms with E-state index in [1.807, 2.05) is 13.8 Å². The number of H-pyrrole nitrogens is 1. The van der Waals surface area contributed by atoms with Crippen LogP contribution in [0.25, 0.3) is 0 Å². The van der Waals surface area contributed by atoms with Crippen LogP contribution < -0.4 is 10.7 Å². The number of nitrogens with two attached hydrogens (primary N) is 1. The molecule has 0 aliphatic rings. The topological polar surface area (TPSA) is 132 Å². The van der Waals surface area contributed by atoms with Crippen LogP contribution in [0.3, 0.4) is 0 Å². The molecule has 0 saturated heterocycles. The van der Waals surface area contributed by atoms with E-state index in [4.69, 9.17) is 21.1 Å². The molecule has 0 amide bonds. The molecular weight excluding hydrogens is 178 g/mol. The number of anilines is 1. The Balaban J connectivity index is 0.000000310. The highest BCUT2D eigenvalue weighted by Gasteiger charge is 2.00. The maximum absolute atomic E-state index is 8.25. The lowest BCUT2D eigenvalue weighted by Crippen LogP contribution is -2.18. The molecule has 1 aromatic heterocycles. The Morgan fingerprint density at radius 2 is 1.85 bits per heavy atom. The van der Waals surface area contributed by atoms with E-state index in [0.29, 0.717) is 5.95 Å². The Hall–Kier alpha value is -1.99. The Morgan fingerprint density at radius 3 is 2.15 bits per heavy atom. The molecular formula is C5H9N5O3. The summed E-state index contributed by atoms with van der Waals surface area (Å²) >= 11 is 0. The average molecular weight is 187 g/mol. The number of nitrogens with one attached hydrogen (secondary N) is 1. The lowest BCUT2D eigenvalue weighted by molar-refractivity contribution is -0.402. The van der Waals surface area contributed by atoms with Crippen molar-refractivity contribution in [1.29, 1.82) is 0 Å². The number of hydrogen-bond donors (Lipinski definition) is 1. The summed E-state index contributed by atoms with van der Waals surface area (Å²) in [4.78, 5) is 11.1. The van der Waals surface area contributed by atoms with Crippen LogP contribution in [0.15, 0.2) is 0 Å². The molecule has 0 spiro atoms. The lowest BCUT2D eigenvalue weighted by Gasteiger charge is -1.89. The molecule has 13 heavy (non-hydrogen) atoms. The summed E-state index contributed by atoms with van der Waals surface area (Å²) in [5.74, 6) is 0.359. The van der Waals surface area contributed by atoms with Crippen molar-refractivity contribution in [2.24, 2.45) is 0 Å². The van der Waals surface area contributed by atoms with E-state index in [0.717, 1.165) is 11.4 Å². The zero-order valence-corrected chi connectivity index (χ0v) is 7.14. The van der Waals surface area contributed by atoms with Crippen molar-refractivity contribution in [2.75, 3.05) is 5.73 Å². The SMILES string of the molecule is Cc1nnc(N)[nH+]c1C.O=[N+]([O-])[O-]. The van der Waals surface area contributed by atoms with Crippen molar-refractivity contribution in [3.63, 3.8) is 0 Å². The number of rotatable bonds is 0. The molecule has 1 rings (SSSR count). The second kappa shape index (κ2) is 4.80. The van der Waals surface area contributed by atoms with Crippen molar-refractivity contribution < 1.29 is 10.1 Å². The van der Waals surface area contributed by atoms with Crippen LogP contribution in [0.2, 0.25) is 0 Å². The van der Waals surface area contributed by atoms with E-state index in [1.54, 1.807) is 0 Å². The van der Waals surface area contributed by atoms with Gasteiger partial charge in [-0.05, 0) is 13.8 Å². The second-order valence-electron chi connectivity index (χ2n) is 2.14. The molecule has 0 aliphatic heterocycles. The Morgan fingerprint density at radius 1 is 1.38 bits per heavy atom. The first-order valence-corrected chi connectivity index (χ1v) is 3.23. The molecule has 72 valence electrons. The summed E-state index contributed by atoms with van der Waals surface area (Å²) in [5.41, 5.74) is 7.14. The number of nitrogen functional groups attached to an aromatic ring is 1. The third-order valence-electron chi connectivity index (χ3n) is 1.17. The first-order valence-electron chi connectivity index (χ1n) is 3.23. The standard InChI is InChI=1S/C5H8N4.NO3/c1-3-4(2)8-9-5(6)7-3;2-1(3)4/h1-2H3,(H2,6,7,9);/q;-1/p+1. The van der Waals surface area contributed by atoms with Gasteiger partial charge in [0.25, 0.3) is 0 Å². The molecule has 3 N–H and O–H groups in total. The van der Waals surface area contributed by atoms with Crippen molar-refractivity contribution in [1.82, 2.24) is 10.2 Å². The normalized spacial score (nSPS) is 8.46. The molecule has 8 nitrogen and oxygen atoms in total. The Bertz CT molecular complexity index is 298. The van der Waals surface area contributed by atoms with Crippen molar-refractivity contribution >= 4 is 5.95 Å². The minimum atomic E-state index is -1.75. The summed E-state index contributed by atoms with van der Waals surface area (Å²) in [6.45, 7) is 3.78. The maximum atomic E-state index is 8.25. The van der Waals surface area contributed by atoms with E-state index < -0.39 is 5.09 Å². The summed E-state index contributed by atoms with van der Waals surface area (Å²) in [5, 5.41) is 22.1. The molecule has 1 heterocycles. The van der Waals surface area contributed by atoms with Gasteiger partial charge in [-0.15, -0.1) is 0 Å². The first kappa shape index (κ1) is 11.0. The molecule has 8 heteroatoms. The van der Waals surface area contributed by atoms with Gasteiger partial charge in [0.15, 0.2) is 0 Å².